The number of Topliss-reactive ketones (excluding diaryl/α,β-unsaturated/α-hetero) is 2. The van der Waals surface area contributed by atoms with Crippen LogP contribution in [0.5, 0.6) is 0 Å². The SMILES string of the molecule is CCC(CC)(O[PH](=O)OC(CC)(CC)n1cc(CNC(=O)C(=O)c2c(C)c(C(=O)Nc3ccc(F)c(F)c3)n(C)c2C)nn1)n1cc(CNC(=O)C(=O)c2c(C)c(C(=O)Nc3ccc(F)c(F)c3)n(C)c2C)nn1. The van der Waals surface area contributed by atoms with E-state index in [9.17, 15) is 50.9 Å². The van der Waals surface area contributed by atoms with Crippen LogP contribution in [0.25, 0.3) is 0 Å². The van der Waals surface area contributed by atoms with E-state index >= 15 is 0 Å². The first-order chi connectivity index (χ1) is 35.0. The Bertz CT molecular complexity index is 3000. The van der Waals surface area contributed by atoms with Crippen LogP contribution in [0.15, 0.2) is 48.8 Å². The van der Waals surface area contributed by atoms with Gasteiger partial charge in [0.2, 0.25) is 0 Å². The zero-order chi connectivity index (χ0) is 54.6. The highest BCUT2D eigenvalue weighted by molar-refractivity contribution is 7.33. The number of nitrogens with one attached hydrogen (secondary N) is 4. The van der Waals surface area contributed by atoms with Gasteiger partial charge in [-0.2, -0.15) is 0 Å². The molecule has 0 fully saturated rings. The summed E-state index contributed by atoms with van der Waals surface area (Å²) in [5, 5.41) is 26.6. The molecule has 6 rings (SSSR count). The van der Waals surface area contributed by atoms with Gasteiger partial charge in [0.25, 0.3) is 35.2 Å². The number of hydrogen-bond acceptors (Lipinski definition) is 13. The summed E-state index contributed by atoms with van der Waals surface area (Å²) in [6, 6.07) is 5.69. The second kappa shape index (κ2) is 22.6. The molecule has 0 aliphatic carbocycles. The van der Waals surface area contributed by atoms with Crippen molar-refractivity contribution in [2.75, 3.05) is 10.6 Å². The molecule has 2 aromatic carbocycles. The highest BCUT2D eigenvalue weighted by Crippen LogP contribution is 2.45. The number of ketones is 2. The maximum atomic E-state index is 13.9. The molecule has 6 aromatic rings. The van der Waals surface area contributed by atoms with Gasteiger partial charge in [-0.15, -0.1) is 10.2 Å². The van der Waals surface area contributed by atoms with Gasteiger partial charge >= 0.3 is 8.25 Å². The van der Waals surface area contributed by atoms with E-state index in [0.29, 0.717) is 11.4 Å². The third kappa shape index (κ3) is 11.1. The van der Waals surface area contributed by atoms with Gasteiger partial charge in [0.05, 0.1) is 36.6 Å². The van der Waals surface area contributed by atoms with Crippen molar-refractivity contribution in [2.24, 2.45) is 14.1 Å². The van der Waals surface area contributed by atoms with Crippen LogP contribution in [0.3, 0.4) is 0 Å². The lowest BCUT2D eigenvalue weighted by Crippen LogP contribution is -2.37. The molecular weight excluding hydrogens is 996 g/mol. The van der Waals surface area contributed by atoms with Gasteiger partial charge in [-0.1, -0.05) is 38.1 Å². The highest BCUT2D eigenvalue weighted by Gasteiger charge is 2.39. The number of amides is 4. The van der Waals surface area contributed by atoms with Gasteiger partial charge in [0.15, 0.2) is 34.7 Å². The number of halogens is 4. The summed E-state index contributed by atoms with van der Waals surface area (Å²) in [6.07, 6.45) is 3.80. The monoisotopic (exact) mass is 1050 g/mol. The fourth-order valence-corrected chi connectivity index (χ4v) is 9.97. The maximum absolute atomic E-state index is 13.9. The second-order valence-corrected chi connectivity index (χ2v) is 18.2. The van der Waals surface area contributed by atoms with Crippen molar-refractivity contribution < 1.29 is 59.9 Å². The Morgan fingerprint density at radius 3 is 1.26 bits per heavy atom. The molecule has 21 nitrogen and oxygen atoms in total. The van der Waals surface area contributed by atoms with E-state index in [1.165, 1.54) is 71.0 Å². The van der Waals surface area contributed by atoms with Crippen LogP contribution < -0.4 is 21.3 Å². The molecule has 394 valence electrons. The number of rotatable bonds is 22. The van der Waals surface area contributed by atoms with E-state index in [2.05, 4.69) is 41.9 Å². The molecule has 0 bridgehead atoms. The zero-order valence-electron chi connectivity index (χ0n) is 42.1. The van der Waals surface area contributed by atoms with Crippen molar-refractivity contribution in [2.45, 2.75) is 106 Å². The van der Waals surface area contributed by atoms with E-state index in [1.807, 2.05) is 0 Å². The molecule has 4 N–H and O–H groups in total. The molecule has 4 aromatic heterocycles. The molecule has 0 spiro atoms. The Kier molecular flexibility index (Phi) is 17.0. The number of carbonyl (C=O) groups excluding carboxylic acids is 6. The molecule has 0 saturated heterocycles. The van der Waals surface area contributed by atoms with Crippen LogP contribution in [0.2, 0.25) is 0 Å². The molecule has 0 radical (unpaired) electrons. The summed E-state index contributed by atoms with van der Waals surface area (Å²) in [5.41, 5.74) is -1.42. The maximum Gasteiger partial charge on any atom is 0.323 e. The lowest BCUT2D eigenvalue weighted by molar-refractivity contribution is -0.117. The van der Waals surface area contributed by atoms with Crippen LogP contribution in [0.4, 0.5) is 28.9 Å². The molecule has 4 amide bonds. The Hall–Kier alpha value is -7.63. The molecule has 74 heavy (non-hydrogen) atoms. The zero-order valence-corrected chi connectivity index (χ0v) is 43.1. The second-order valence-electron chi connectivity index (χ2n) is 17.2. The summed E-state index contributed by atoms with van der Waals surface area (Å²) >= 11 is 0. The van der Waals surface area contributed by atoms with E-state index in [-0.39, 0.29) is 95.2 Å². The lowest BCUT2D eigenvalue weighted by atomic mass is 10.0. The van der Waals surface area contributed by atoms with Crippen LogP contribution in [-0.2, 0) is 61.8 Å². The fourth-order valence-electron chi connectivity index (χ4n) is 8.54. The van der Waals surface area contributed by atoms with Gasteiger partial charge in [-0.25, -0.2) is 26.9 Å². The Labute approximate surface area is 422 Å². The van der Waals surface area contributed by atoms with Gasteiger partial charge < -0.3 is 30.4 Å². The summed E-state index contributed by atoms with van der Waals surface area (Å²) < 4.78 is 86.2. The molecule has 0 aliphatic heterocycles. The van der Waals surface area contributed by atoms with Crippen LogP contribution in [-0.4, -0.2) is 74.3 Å². The smallest absolute Gasteiger partial charge is 0.323 e. The third-order valence-electron chi connectivity index (χ3n) is 13.0. The van der Waals surface area contributed by atoms with Crippen LogP contribution in [0.1, 0.15) is 129 Å². The van der Waals surface area contributed by atoms with E-state index < -0.39 is 78.2 Å². The molecule has 26 heteroatoms. The van der Waals surface area contributed by atoms with Crippen molar-refractivity contribution >= 4 is 54.8 Å². The van der Waals surface area contributed by atoms with Crippen molar-refractivity contribution in [1.29, 1.82) is 0 Å². The van der Waals surface area contributed by atoms with Crippen LogP contribution in [0, 0.1) is 51.0 Å². The molecule has 0 atom stereocenters. The summed E-state index contributed by atoms with van der Waals surface area (Å²) in [5.74, 6) is -9.88. The van der Waals surface area contributed by atoms with Gasteiger partial charge in [0.1, 0.15) is 22.8 Å². The Morgan fingerprint density at radius 1 is 0.581 bits per heavy atom. The molecular formula is C48H55F4N12O9P. The summed E-state index contributed by atoms with van der Waals surface area (Å²) in [7, 11) is -0.384. The first kappa shape index (κ1) is 55.7. The number of hydrogen-bond donors (Lipinski definition) is 4. The summed E-state index contributed by atoms with van der Waals surface area (Å²) in [6.45, 7) is 12.6. The highest BCUT2D eigenvalue weighted by atomic mass is 31.1. The first-order valence-corrected chi connectivity index (χ1v) is 24.4. The minimum absolute atomic E-state index is 0.0200. The van der Waals surface area contributed by atoms with Crippen molar-refractivity contribution in [1.82, 2.24) is 49.8 Å². The van der Waals surface area contributed by atoms with E-state index in [0.717, 1.165) is 24.3 Å². The number of aromatic nitrogens is 8. The van der Waals surface area contributed by atoms with Gasteiger partial charge in [-0.3, -0.25) is 42.4 Å². The number of carbonyl (C=O) groups is 6. The van der Waals surface area contributed by atoms with Crippen LogP contribution >= 0.6 is 8.25 Å². The van der Waals surface area contributed by atoms with Crippen molar-refractivity contribution in [3.63, 3.8) is 0 Å². The third-order valence-corrected chi connectivity index (χ3v) is 14.1. The number of nitrogens with zero attached hydrogens (tertiary/aromatic N) is 8. The van der Waals surface area contributed by atoms with Crippen molar-refractivity contribution in [3.05, 3.63) is 128 Å². The van der Waals surface area contributed by atoms with E-state index in [4.69, 9.17) is 9.05 Å². The largest absolute Gasteiger partial charge is 0.343 e. The fraction of sp³-hybridized carbons (Fsp3) is 0.375. The topological polar surface area (TPSA) is 257 Å². The molecule has 0 saturated carbocycles. The van der Waals surface area contributed by atoms with Gasteiger partial charge in [0, 0.05) is 49.0 Å². The predicted octanol–water partition coefficient (Wildman–Crippen LogP) is 6.91. The average Bonchev–Trinajstić information content (AvgIpc) is 4.15. The van der Waals surface area contributed by atoms with Gasteiger partial charge in [-0.05, 0) is 88.8 Å². The predicted molar refractivity (Wildman–Crippen MR) is 259 cm³/mol. The van der Waals surface area contributed by atoms with E-state index in [1.54, 1.807) is 41.5 Å². The minimum atomic E-state index is -3.41. The normalized spacial score (nSPS) is 11.8. The first-order valence-electron chi connectivity index (χ1n) is 23.2. The molecule has 0 aliphatic rings. The standard InChI is InChI=1S/C48H55F4N12O9P/c1-11-47(12-2,63-23-31(57-59-63)21-53-45(69)41(65)37-25(5)39(61(9)27(37)7)43(67)55-29-15-17-33(49)35(51)19-29)72-74(71)73-48(13-3,14-4)64-24-32(58-60-64)22-54-46(70)42(66)38-26(6)40(62(10)28(38)8)44(68)56-30-16-18-34(50)36(52)20-30/h15-20,23-24,74H,11-14,21-22H2,1-10H3,(H,53,69)(H,54,70)(H,55,67)(H,56,68). The van der Waals surface area contributed by atoms with Crippen molar-refractivity contribution in [3.8, 4) is 0 Å². The average molecular weight is 1050 g/mol. The number of benzene rings is 2. The summed E-state index contributed by atoms with van der Waals surface area (Å²) in [4.78, 5) is 79.9. The Balaban J connectivity index is 1.07. The lowest BCUT2D eigenvalue weighted by Gasteiger charge is -2.35. The Morgan fingerprint density at radius 2 is 0.932 bits per heavy atom. The molecule has 4 heterocycles. The molecule has 0 unspecified atom stereocenters. The quantitative estimate of drug-likeness (QED) is 0.0234. The number of anilines is 2. The minimum Gasteiger partial charge on any atom is -0.343 e.